The first-order chi connectivity index (χ1) is 7.65. The third-order valence-electron chi connectivity index (χ3n) is 2.42. The molecular formula is C11H13ClN2O2. The Kier molecular flexibility index (Phi) is 3.31. The van der Waals surface area contributed by atoms with Crippen molar-refractivity contribution in [1.29, 1.82) is 0 Å². The zero-order valence-electron chi connectivity index (χ0n) is 8.73. The summed E-state index contributed by atoms with van der Waals surface area (Å²) < 4.78 is 5.32. The number of carbonyl (C=O) groups excluding carboxylic acids is 1. The number of nitrogens with two attached hydrogens (primary N) is 1. The van der Waals surface area contributed by atoms with Crippen molar-refractivity contribution < 1.29 is 9.53 Å². The molecule has 1 heterocycles. The Morgan fingerprint density at radius 1 is 1.56 bits per heavy atom. The molecule has 2 rings (SSSR count). The fourth-order valence-corrected chi connectivity index (χ4v) is 1.69. The Balaban J connectivity index is 1.81. The molecule has 86 valence electrons. The summed E-state index contributed by atoms with van der Waals surface area (Å²) in [4.78, 5) is 13.2. The molecule has 0 bridgehead atoms. The number of ether oxygens (including phenoxy) is 1. The summed E-state index contributed by atoms with van der Waals surface area (Å²) in [6.45, 7) is 1.28. The van der Waals surface area contributed by atoms with Crippen LogP contribution in [0.2, 0.25) is 5.02 Å². The monoisotopic (exact) mass is 240 g/mol. The largest absolute Gasteiger partial charge is 0.484 e. The minimum Gasteiger partial charge on any atom is -0.484 e. The van der Waals surface area contributed by atoms with Crippen LogP contribution in [-0.2, 0) is 4.79 Å². The first-order valence-electron chi connectivity index (χ1n) is 5.07. The fourth-order valence-electron chi connectivity index (χ4n) is 1.51. The molecule has 2 N–H and O–H groups in total. The Morgan fingerprint density at radius 3 is 2.94 bits per heavy atom. The second-order valence-electron chi connectivity index (χ2n) is 3.80. The number of rotatable bonds is 3. The third kappa shape index (κ3) is 2.65. The van der Waals surface area contributed by atoms with Gasteiger partial charge in [0, 0.05) is 24.2 Å². The molecule has 16 heavy (non-hydrogen) atoms. The van der Waals surface area contributed by atoms with Gasteiger partial charge in [-0.25, -0.2) is 0 Å². The van der Waals surface area contributed by atoms with Crippen molar-refractivity contribution in [3.8, 4) is 5.75 Å². The smallest absolute Gasteiger partial charge is 0.260 e. The van der Waals surface area contributed by atoms with Gasteiger partial charge < -0.3 is 15.4 Å². The molecular weight excluding hydrogens is 228 g/mol. The summed E-state index contributed by atoms with van der Waals surface area (Å²) in [5, 5.41) is 0.593. The van der Waals surface area contributed by atoms with Crippen LogP contribution in [0, 0.1) is 0 Å². The number of amides is 1. The minimum absolute atomic E-state index is 0.0348. The van der Waals surface area contributed by atoms with Crippen LogP contribution in [0.3, 0.4) is 0 Å². The average molecular weight is 241 g/mol. The molecule has 1 aliphatic rings. The molecule has 1 amide bonds. The molecule has 0 aromatic heterocycles. The quantitative estimate of drug-likeness (QED) is 0.854. The maximum Gasteiger partial charge on any atom is 0.260 e. The lowest BCUT2D eigenvalue weighted by Crippen LogP contribution is -2.58. The number of hydrogen-bond acceptors (Lipinski definition) is 3. The molecule has 1 aliphatic heterocycles. The Morgan fingerprint density at radius 2 is 2.31 bits per heavy atom. The van der Waals surface area contributed by atoms with Gasteiger partial charge in [0.25, 0.3) is 5.91 Å². The highest BCUT2D eigenvalue weighted by molar-refractivity contribution is 6.30. The van der Waals surface area contributed by atoms with Crippen LogP contribution >= 0.6 is 11.6 Å². The highest BCUT2D eigenvalue weighted by atomic mass is 35.5. The molecule has 0 radical (unpaired) electrons. The van der Waals surface area contributed by atoms with Gasteiger partial charge in [0.1, 0.15) is 5.75 Å². The lowest BCUT2D eigenvalue weighted by atomic mass is 10.1. The third-order valence-corrected chi connectivity index (χ3v) is 2.66. The zero-order chi connectivity index (χ0) is 11.5. The summed E-state index contributed by atoms with van der Waals surface area (Å²) in [6, 6.07) is 7.10. The van der Waals surface area contributed by atoms with Crippen LogP contribution < -0.4 is 10.5 Å². The predicted molar refractivity (Wildman–Crippen MR) is 61.5 cm³/mol. The van der Waals surface area contributed by atoms with E-state index in [1.165, 1.54) is 0 Å². The maximum absolute atomic E-state index is 11.5. The molecule has 0 aliphatic carbocycles. The summed E-state index contributed by atoms with van der Waals surface area (Å²) in [6.07, 6.45) is 0. The highest BCUT2D eigenvalue weighted by Crippen LogP contribution is 2.17. The van der Waals surface area contributed by atoms with E-state index in [-0.39, 0.29) is 18.6 Å². The highest BCUT2D eigenvalue weighted by Gasteiger charge is 2.27. The minimum atomic E-state index is -0.0401. The summed E-state index contributed by atoms with van der Waals surface area (Å²) >= 11 is 5.79. The Bertz CT molecular complexity index is 391. The topological polar surface area (TPSA) is 55.6 Å². The fraction of sp³-hybridized carbons (Fsp3) is 0.364. The number of halogens is 1. The molecule has 1 saturated heterocycles. The van der Waals surface area contributed by atoms with Crippen LogP contribution in [0.1, 0.15) is 0 Å². The van der Waals surface area contributed by atoms with Gasteiger partial charge >= 0.3 is 0 Å². The number of hydrogen-bond donors (Lipinski definition) is 1. The van der Waals surface area contributed by atoms with E-state index in [4.69, 9.17) is 22.1 Å². The lowest BCUT2D eigenvalue weighted by molar-refractivity contribution is -0.137. The van der Waals surface area contributed by atoms with E-state index in [1.807, 2.05) is 0 Å². The predicted octanol–water partition coefficient (Wildman–Crippen LogP) is 0.888. The zero-order valence-corrected chi connectivity index (χ0v) is 9.48. The van der Waals surface area contributed by atoms with Crippen molar-refractivity contribution in [2.45, 2.75) is 6.04 Å². The molecule has 0 unspecified atom stereocenters. The van der Waals surface area contributed by atoms with E-state index < -0.39 is 0 Å². The van der Waals surface area contributed by atoms with Gasteiger partial charge in [-0.3, -0.25) is 4.79 Å². The number of likely N-dealkylation sites (tertiary alicyclic amines) is 1. The van der Waals surface area contributed by atoms with Gasteiger partial charge in [-0.15, -0.1) is 0 Å². The van der Waals surface area contributed by atoms with Crippen molar-refractivity contribution >= 4 is 17.5 Å². The normalized spacial score (nSPS) is 15.8. The first kappa shape index (κ1) is 11.2. The molecule has 1 aromatic rings. The molecule has 0 spiro atoms. The van der Waals surface area contributed by atoms with Crippen LogP contribution in [0.15, 0.2) is 24.3 Å². The van der Waals surface area contributed by atoms with E-state index in [1.54, 1.807) is 29.2 Å². The molecule has 0 atom stereocenters. The van der Waals surface area contributed by atoms with E-state index >= 15 is 0 Å². The maximum atomic E-state index is 11.5. The van der Waals surface area contributed by atoms with Gasteiger partial charge in [0.2, 0.25) is 0 Å². The second kappa shape index (κ2) is 4.72. The van der Waals surface area contributed by atoms with Crippen LogP contribution in [0.25, 0.3) is 0 Å². The summed E-state index contributed by atoms with van der Waals surface area (Å²) in [5.41, 5.74) is 5.58. The SMILES string of the molecule is NC1CN(C(=O)COc2cccc(Cl)c2)C1. The van der Waals surface area contributed by atoms with E-state index in [0.29, 0.717) is 23.9 Å². The van der Waals surface area contributed by atoms with Gasteiger partial charge in [0.15, 0.2) is 6.61 Å². The number of nitrogens with zero attached hydrogens (tertiary/aromatic N) is 1. The number of benzene rings is 1. The van der Waals surface area contributed by atoms with Gasteiger partial charge in [-0.05, 0) is 18.2 Å². The molecule has 4 nitrogen and oxygen atoms in total. The van der Waals surface area contributed by atoms with Crippen molar-refractivity contribution in [2.75, 3.05) is 19.7 Å². The summed E-state index contributed by atoms with van der Waals surface area (Å²) in [5.74, 6) is 0.562. The van der Waals surface area contributed by atoms with Gasteiger partial charge in [-0.2, -0.15) is 0 Å². The van der Waals surface area contributed by atoms with Crippen molar-refractivity contribution in [1.82, 2.24) is 4.90 Å². The van der Waals surface area contributed by atoms with Crippen LogP contribution in [0.5, 0.6) is 5.75 Å². The van der Waals surface area contributed by atoms with Gasteiger partial charge in [-0.1, -0.05) is 17.7 Å². The lowest BCUT2D eigenvalue weighted by Gasteiger charge is -2.36. The van der Waals surface area contributed by atoms with Crippen LogP contribution in [-0.4, -0.2) is 36.5 Å². The van der Waals surface area contributed by atoms with Crippen molar-refractivity contribution in [2.24, 2.45) is 5.73 Å². The average Bonchev–Trinajstić information content (AvgIpc) is 2.22. The Hall–Kier alpha value is -1.26. The van der Waals surface area contributed by atoms with Gasteiger partial charge in [0.05, 0.1) is 0 Å². The van der Waals surface area contributed by atoms with E-state index in [9.17, 15) is 4.79 Å². The Labute approximate surface area is 98.9 Å². The van der Waals surface area contributed by atoms with Crippen molar-refractivity contribution in [3.05, 3.63) is 29.3 Å². The molecule has 0 saturated carbocycles. The van der Waals surface area contributed by atoms with E-state index in [0.717, 1.165) is 0 Å². The number of carbonyl (C=O) groups is 1. The molecule has 1 fully saturated rings. The standard InChI is InChI=1S/C11H13ClN2O2/c12-8-2-1-3-10(4-8)16-7-11(15)14-5-9(13)6-14/h1-4,9H,5-7,13H2. The van der Waals surface area contributed by atoms with Crippen molar-refractivity contribution in [3.63, 3.8) is 0 Å². The second-order valence-corrected chi connectivity index (χ2v) is 4.24. The summed E-state index contributed by atoms with van der Waals surface area (Å²) in [7, 11) is 0. The van der Waals surface area contributed by atoms with E-state index in [2.05, 4.69) is 0 Å². The molecule has 1 aromatic carbocycles. The molecule has 5 heteroatoms. The first-order valence-corrected chi connectivity index (χ1v) is 5.44. The van der Waals surface area contributed by atoms with Crippen LogP contribution in [0.4, 0.5) is 0 Å².